The van der Waals surface area contributed by atoms with Crippen LogP contribution in [-0.2, 0) is 9.59 Å². The number of hydrogen-bond donors (Lipinski definition) is 1. The summed E-state index contributed by atoms with van der Waals surface area (Å²) in [6, 6.07) is 0. The van der Waals surface area contributed by atoms with Gasteiger partial charge in [0, 0.05) is 32.1 Å². The fraction of sp³-hybridized carbons (Fsp3) is 0.714. The molecular formula is C14H20N4O3S. The van der Waals surface area contributed by atoms with Crippen LogP contribution in [0.4, 0.5) is 5.95 Å². The molecule has 7 nitrogen and oxygen atoms in total. The summed E-state index contributed by atoms with van der Waals surface area (Å²) in [5, 5.41) is 10.3. The molecule has 1 aromatic heterocycles. The SMILES string of the molecule is CC(C)(C(=O)O)C(=O)N1CCN(c2nsc(C3CC3)n2)CC1. The van der Waals surface area contributed by atoms with Gasteiger partial charge in [0.05, 0.1) is 0 Å². The highest BCUT2D eigenvalue weighted by Gasteiger charge is 2.40. The molecular weight excluding hydrogens is 304 g/mol. The highest BCUT2D eigenvalue weighted by atomic mass is 32.1. The van der Waals surface area contributed by atoms with E-state index < -0.39 is 11.4 Å². The molecule has 0 aromatic carbocycles. The Hall–Kier alpha value is -1.70. The van der Waals surface area contributed by atoms with Crippen LogP contribution < -0.4 is 4.90 Å². The van der Waals surface area contributed by atoms with Crippen molar-refractivity contribution in [2.75, 3.05) is 31.1 Å². The number of aromatic nitrogens is 2. The average Bonchev–Trinajstić information content (AvgIpc) is 3.24. The van der Waals surface area contributed by atoms with E-state index in [2.05, 4.69) is 14.3 Å². The maximum absolute atomic E-state index is 12.3. The Balaban J connectivity index is 1.59. The Morgan fingerprint density at radius 2 is 1.86 bits per heavy atom. The van der Waals surface area contributed by atoms with Crippen molar-refractivity contribution in [1.82, 2.24) is 14.3 Å². The number of nitrogens with zero attached hydrogens (tertiary/aromatic N) is 4. The molecule has 1 amide bonds. The standard InChI is InChI=1S/C14H20N4O3S/c1-14(2,12(20)21)11(19)17-5-7-18(8-6-17)13-15-10(22-16-13)9-3-4-9/h9H,3-8H2,1-2H3,(H,20,21). The number of rotatable bonds is 4. The van der Waals surface area contributed by atoms with Crippen molar-refractivity contribution in [2.45, 2.75) is 32.6 Å². The Kier molecular flexibility index (Phi) is 3.80. The zero-order valence-electron chi connectivity index (χ0n) is 12.8. The number of piperazine rings is 1. The first-order valence-corrected chi connectivity index (χ1v) is 8.28. The van der Waals surface area contributed by atoms with E-state index in [9.17, 15) is 9.59 Å². The van der Waals surface area contributed by atoms with Crippen molar-refractivity contribution in [2.24, 2.45) is 5.41 Å². The van der Waals surface area contributed by atoms with Crippen molar-refractivity contribution >= 4 is 29.4 Å². The number of carbonyl (C=O) groups is 2. The summed E-state index contributed by atoms with van der Waals surface area (Å²) in [5.41, 5.74) is -1.37. The minimum absolute atomic E-state index is 0.329. The fourth-order valence-electron chi connectivity index (χ4n) is 2.45. The van der Waals surface area contributed by atoms with Crippen LogP contribution in [0.5, 0.6) is 0 Å². The first-order chi connectivity index (χ1) is 10.4. The minimum Gasteiger partial charge on any atom is -0.480 e. The summed E-state index contributed by atoms with van der Waals surface area (Å²) in [6.45, 7) is 5.20. The maximum atomic E-state index is 12.3. The highest BCUT2D eigenvalue weighted by molar-refractivity contribution is 7.05. The molecule has 1 saturated heterocycles. The maximum Gasteiger partial charge on any atom is 0.318 e. The van der Waals surface area contributed by atoms with Gasteiger partial charge in [0.15, 0.2) is 0 Å². The largest absolute Gasteiger partial charge is 0.480 e. The molecule has 0 bridgehead atoms. The van der Waals surface area contributed by atoms with Gasteiger partial charge in [-0.3, -0.25) is 9.59 Å². The van der Waals surface area contributed by atoms with Crippen LogP contribution in [0, 0.1) is 5.41 Å². The molecule has 2 fully saturated rings. The number of carbonyl (C=O) groups excluding carboxylic acids is 1. The topological polar surface area (TPSA) is 86.6 Å². The van der Waals surface area contributed by atoms with E-state index in [1.807, 2.05) is 0 Å². The Morgan fingerprint density at radius 3 is 2.41 bits per heavy atom. The molecule has 120 valence electrons. The van der Waals surface area contributed by atoms with Gasteiger partial charge in [0.1, 0.15) is 10.4 Å². The fourth-order valence-corrected chi connectivity index (χ4v) is 3.29. The van der Waals surface area contributed by atoms with E-state index >= 15 is 0 Å². The van der Waals surface area contributed by atoms with Crippen molar-refractivity contribution in [1.29, 1.82) is 0 Å². The van der Waals surface area contributed by atoms with Crippen LogP contribution >= 0.6 is 11.5 Å². The molecule has 1 aromatic rings. The number of anilines is 1. The number of amides is 1. The predicted octanol–water partition coefficient (Wildman–Crippen LogP) is 1.17. The molecule has 0 atom stereocenters. The lowest BCUT2D eigenvalue weighted by Crippen LogP contribution is -2.54. The Morgan fingerprint density at radius 1 is 1.23 bits per heavy atom. The number of carboxylic acids is 1. The summed E-state index contributed by atoms with van der Waals surface area (Å²) in [6.07, 6.45) is 2.42. The lowest BCUT2D eigenvalue weighted by Gasteiger charge is -2.37. The molecule has 0 unspecified atom stereocenters. The van der Waals surface area contributed by atoms with E-state index in [4.69, 9.17) is 5.11 Å². The summed E-state index contributed by atoms with van der Waals surface area (Å²) in [4.78, 5) is 31.8. The van der Waals surface area contributed by atoms with Gasteiger partial charge in [0.25, 0.3) is 0 Å². The molecule has 3 rings (SSSR count). The van der Waals surface area contributed by atoms with Gasteiger partial charge >= 0.3 is 5.97 Å². The first kappa shape index (κ1) is 15.2. The van der Waals surface area contributed by atoms with Gasteiger partial charge in [-0.1, -0.05) is 0 Å². The first-order valence-electron chi connectivity index (χ1n) is 7.51. The second-order valence-corrected chi connectivity index (χ2v) is 7.20. The second kappa shape index (κ2) is 5.49. The third-order valence-corrected chi connectivity index (χ3v) is 5.14. The van der Waals surface area contributed by atoms with Gasteiger partial charge in [-0.05, 0) is 38.2 Å². The van der Waals surface area contributed by atoms with Gasteiger partial charge < -0.3 is 14.9 Å². The van der Waals surface area contributed by atoms with E-state index in [0.717, 1.165) is 11.0 Å². The smallest absolute Gasteiger partial charge is 0.318 e. The molecule has 2 heterocycles. The Labute approximate surface area is 133 Å². The third kappa shape index (κ3) is 2.79. The van der Waals surface area contributed by atoms with Crippen molar-refractivity contribution < 1.29 is 14.7 Å². The molecule has 0 radical (unpaired) electrons. The monoisotopic (exact) mass is 324 g/mol. The van der Waals surface area contributed by atoms with Crippen LogP contribution in [0.15, 0.2) is 0 Å². The lowest BCUT2D eigenvalue weighted by molar-refractivity contribution is -0.158. The van der Waals surface area contributed by atoms with Gasteiger partial charge in [-0.2, -0.15) is 4.37 Å². The van der Waals surface area contributed by atoms with Crippen molar-refractivity contribution in [3.8, 4) is 0 Å². The van der Waals surface area contributed by atoms with Crippen LogP contribution in [0.25, 0.3) is 0 Å². The van der Waals surface area contributed by atoms with Gasteiger partial charge in [-0.15, -0.1) is 0 Å². The van der Waals surface area contributed by atoms with Crippen LogP contribution in [0.3, 0.4) is 0 Å². The van der Waals surface area contributed by atoms with E-state index in [1.165, 1.54) is 38.2 Å². The molecule has 1 aliphatic carbocycles. The molecule has 1 N–H and O–H groups in total. The van der Waals surface area contributed by atoms with Crippen molar-refractivity contribution in [3.63, 3.8) is 0 Å². The predicted molar refractivity (Wildman–Crippen MR) is 82.1 cm³/mol. The molecule has 2 aliphatic rings. The summed E-state index contributed by atoms with van der Waals surface area (Å²) in [7, 11) is 0. The number of hydrogen-bond acceptors (Lipinski definition) is 6. The number of carboxylic acid groups (broad SMARTS) is 1. The minimum atomic E-state index is -1.37. The quantitative estimate of drug-likeness (QED) is 0.837. The average molecular weight is 324 g/mol. The Bertz CT molecular complexity index is 589. The highest BCUT2D eigenvalue weighted by Crippen LogP contribution is 2.41. The molecule has 1 aliphatic heterocycles. The van der Waals surface area contributed by atoms with Crippen LogP contribution in [0.2, 0.25) is 0 Å². The van der Waals surface area contributed by atoms with Crippen molar-refractivity contribution in [3.05, 3.63) is 5.01 Å². The van der Waals surface area contributed by atoms with E-state index in [0.29, 0.717) is 32.1 Å². The summed E-state index contributed by atoms with van der Waals surface area (Å²) >= 11 is 1.47. The third-order valence-electron chi connectivity index (χ3n) is 4.28. The summed E-state index contributed by atoms with van der Waals surface area (Å²) in [5.74, 6) is -0.0679. The lowest BCUT2D eigenvalue weighted by atomic mass is 9.91. The zero-order valence-corrected chi connectivity index (χ0v) is 13.6. The second-order valence-electron chi connectivity index (χ2n) is 6.42. The molecule has 1 saturated carbocycles. The van der Waals surface area contributed by atoms with Crippen LogP contribution in [0.1, 0.15) is 37.6 Å². The van der Waals surface area contributed by atoms with E-state index in [-0.39, 0.29) is 5.91 Å². The van der Waals surface area contributed by atoms with Gasteiger partial charge in [-0.25, -0.2) is 4.98 Å². The molecule has 22 heavy (non-hydrogen) atoms. The molecule has 0 spiro atoms. The van der Waals surface area contributed by atoms with E-state index in [1.54, 1.807) is 4.90 Å². The molecule has 8 heteroatoms. The van der Waals surface area contributed by atoms with Gasteiger partial charge in [0.2, 0.25) is 11.9 Å². The van der Waals surface area contributed by atoms with Crippen LogP contribution in [-0.4, -0.2) is 57.4 Å². The zero-order chi connectivity index (χ0) is 15.9. The number of aliphatic carboxylic acids is 1. The summed E-state index contributed by atoms with van der Waals surface area (Å²) < 4.78 is 4.41. The normalized spacial score (nSPS) is 19.4.